The largest absolute Gasteiger partial charge is 0.507 e. The number of hydrogen-bond donors (Lipinski definition) is 2. The minimum absolute atomic E-state index is 0.00367. The number of aryl methyl sites for hydroxylation is 1. The van der Waals surface area contributed by atoms with Gasteiger partial charge in [-0.1, -0.05) is 0 Å². The van der Waals surface area contributed by atoms with Gasteiger partial charge in [0.2, 0.25) is 5.95 Å². The molecule has 0 radical (unpaired) electrons. The zero-order chi connectivity index (χ0) is 19.4. The molecule has 3 aromatic rings. The van der Waals surface area contributed by atoms with Crippen LogP contribution in [0.25, 0.3) is 22.4 Å². The van der Waals surface area contributed by atoms with Crippen LogP contribution in [0.1, 0.15) is 25.7 Å². The molecule has 2 aliphatic heterocycles. The molecule has 9 heteroatoms. The van der Waals surface area contributed by atoms with Gasteiger partial charge in [-0.05, 0) is 31.7 Å². The number of hydrogen-bond acceptors (Lipinski definition) is 8. The van der Waals surface area contributed by atoms with Crippen molar-refractivity contribution in [2.45, 2.75) is 43.8 Å². The number of aromatic nitrogens is 4. The van der Waals surface area contributed by atoms with Gasteiger partial charge in [0.25, 0.3) is 0 Å². The van der Waals surface area contributed by atoms with Crippen LogP contribution in [0.2, 0.25) is 0 Å². The van der Waals surface area contributed by atoms with E-state index < -0.39 is 5.76 Å². The average molecular weight is 382 g/mol. The zero-order valence-corrected chi connectivity index (χ0v) is 15.8. The summed E-state index contributed by atoms with van der Waals surface area (Å²) < 4.78 is 6.54. The summed E-state index contributed by atoms with van der Waals surface area (Å²) in [6, 6.07) is 4.65. The van der Waals surface area contributed by atoms with Crippen LogP contribution >= 0.6 is 0 Å². The summed E-state index contributed by atoms with van der Waals surface area (Å²) in [5, 5.41) is 22.6. The summed E-state index contributed by atoms with van der Waals surface area (Å²) >= 11 is 0. The lowest BCUT2D eigenvalue weighted by Crippen LogP contribution is -2.47. The van der Waals surface area contributed by atoms with E-state index in [1.165, 1.54) is 23.5 Å². The fraction of sp³-hybridized carbons (Fsp3) is 0.474. The lowest BCUT2D eigenvalue weighted by Gasteiger charge is -2.35. The van der Waals surface area contributed by atoms with E-state index in [4.69, 9.17) is 4.42 Å². The van der Waals surface area contributed by atoms with Crippen LogP contribution in [-0.4, -0.2) is 50.0 Å². The second-order valence-corrected chi connectivity index (χ2v) is 7.78. The Balaban J connectivity index is 1.42. The topological polar surface area (TPSA) is 109 Å². The maximum absolute atomic E-state index is 11.7. The van der Waals surface area contributed by atoms with Crippen LogP contribution in [0.3, 0.4) is 0 Å². The summed E-state index contributed by atoms with van der Waals surface area (Å²) in [6.45, 7) is 0. The lowest BCUT2D eigenvalue weighted by atomic mass is 9.99. The zero-order valence-electron chi connectivity index (χ0n) is 15.8. The van der Waals surface area contributed by atoms with E-state index >= 15 is 0 Å². The number of phenolic OH excluding ortho intramolecular Hbond substituents is 1. The molecule has 0 saturated carbocycles. The number of anilines is 1. The molecule has 2 aromatic heterocycles. The third-order valence-electron chi connectivity index (χ3n) is 6.05. The third-order valence-corrected chi connectivity index (χ3v) is 6.05. The molecule has 146 valence electrons. The number of nitrogens with one attached hydrogen (secondary N) is 1. The SMILES string of the molecule is CN(c1ncc(-c2cc3oc(=O)n(C)c3cc2O)nn1)C1C[C@H]2CC[C@@H](C1)N2. The van der Waals surface area contributed by atoms with Gasteiger partial charge in [0, 0.05) is 43.9 Å². The van der Waals surface area contributed by atoms with Crippen LogP contribution in [0.15, 0.2) is 27.5 Å². The molecule has 2 N–H and O–H groups in total. The predicted octanol–water partition coefficient (Wildman–Crippen LogP) is 1.41. The number of nitrogens with zero attached hydrogens (tertiary/aromatic N) is 5. The maximum Gasteiger partial charge on any atom is 0.419 e. The van der Waals surface area contributed by atoms with Crippen molar-refractivity contribution in [3.8, 4) is 17.0 Å². The Morgan fingerprint density at radius 3 is 2.68 bits per heavy atom. The van der Waals surface area contributed by atoms with Gasteiger partial charge < -0.3 is 19.7 Å². The van der Waals surface area contributed by atoms with E-state index in [0.717, 1.165) is 12.8 Å². The van der Waals surface area contributed by atoms with Crippen LogP contribution in [0.4, 0.5) is 5.95 Å². The Bertz CT molecular complexity index is 1080. The summed E-state index contributed by atoms with van der Waals surface area (Å²) in [5.41, 5.74) is 1.75. The van der Waals surface area contributed by atoms with Crippen LogP contribution in [-0.2, 0) is 7.05 Å². The second kappa shape index (κ2) is 6.30. The van der Waals surface area contributed by atoms with Crippen molar-refractivity contribution in [2.24, 2.45) is 7.05 Å². The molecule has 2 fully saturated rings. The Morgan fingerprint density at radius 2 is 2.00 bits per heavy atom. The molecule has 28 heavy (non-hydrogen) atoms. The van der Waals surface area contributed by atoms with Gasteiger partial charge in [0.1, 0.15) is 11.4 Å². The van der Waals surface area contributed by atoms with Crippen molar-refractivity contribution >= 4 is 17.0 Å². The van der Waals surface area contributed by atoms with E-state index in [2.05, 4.69) is 25.4 Å². The fourth-order valence-electron chi connectivity index (χ4n) is 4.43. The number of phenols is 1. The number of piperidine rings is 1. The number of fused-ring (bicyclic) bond motifs is 3. The van der Waals surface area contributed by atoms with E-state index in [1.54, 1.807) is 19.3 Å². The lowest BCUT2D eigenvalue weighted by molar-refractivity contribution is 0.352. The van der Waals surface area contributed by atoms with Crippen LogP contribution in [0, 0.1) is 0 Å². The Hall–Kier alpha value is -2.94. The fourth-order valence-corrected chi connectivity index (χ4v) is 4.43. The van der Waals surface area contributed by atoms with E-state index in [1.807, 2.05) is 7.05 Å². The summed E-state index contributed by atoms with van der Waals surface area (Å²) in [4.78, 5) is 18.2. The van der Waals surface area contributed by atoms with E-state index in [-0.39, 0.29) is 5.75 Å². The molecule has 2 saturated heterocycles. The molecule has 2 aliphatic rings. The Kier molecular flexibility index (Phi) is 3.87. The number of aromatic hydroxyl groups is 1. The molecule has 2 bridgehead atoms. The maximum atomic E-state index is 11.7. The van der Waals surface area contributed by atoms with Crippen molar-refractivity contribution in [1.29, 1.82) is 0 Å². The van der Waals surface area contributed by atoms with Gasteiger partial charge >= 0.3 is 5.76 Å². The summed E-state index contributed by atoms with van der Waals surface area (Å²) in [7, 11) is 3.60. The summed E-state index contributed by atoms with van der Waals surface area (Å²) in [5.74, 6) is 0.0848. The highest BCUT2D eigenvalue weighted by Crippen LogP contribution is 2.33. The molecular weight excluding hydrogens is 360 g/mol. The van der Waals surface area contributed by atoms with Gasteiger partial charge in [-0.15, -0.1) is 10.2 Å². The number of rotatable bonds is 3. The summed E-state index contributed by atoms with van der Waals surface area (Å²) in [6.07, 6.45) is 6.25. The van der Waals surface area contributed by atoms with Gasteiger partial charge in [0.15, 0.2) is 5.58 Å². The van der Waals surface area contributed by atoms with Crippen LogP contribution in [0.5, 0.6) is 5.75 Å². The highest BCUT2D eigenvalue weighted by atomic mass is 16.4. The molecule has 3 atom stereocenters. The van der Waals surface area contributed by atoms with Crippen molar-refractivity contribution in [3.63, 3.8) is 0 Å². The van der Waals surface area contributed by atoms with E-state index in [9.17, 15) is 9.90 Å². The quantitative estimate of drug-likeness (QED) is 0.700. The molecule has 9 nitrogen and oxygen atoms in total. The smallest absolute Gasteiger partial charge is 0.419 e. The van der Waals surface area contributed by atoms with Gasteiger partial charge in [-0.3, -0.25) is 4.57 Å². The minimum Gasteiger partial charge on any atom is -0.507 e. The molecule has 0 spiro atoms. The molecule has 1 aromatic carbocycles. The normalized spacial score (nSPS) is 24.0. The number of oxazole rings is 1. The first kappa shape index (κ1) is 17.2. The van der Waals surface area contributed by atoms with Gasteiger partial charge in [-0.25, -0.2) is 9.78 Å². The monoisotopic (exact) mass is 382 g/mol. The standard InChI is InChI=1S/C19H22N6O3/c1-24(12-5-10-3-4-11(6-12)21-10)18-20-9-14(22-23-18)13-7-17-15(8-16(13)26)25(2)19(27)28-17/h7-12,21,26H,3-6H2,1-2H3/t10-,11+,12?. The molecule has 4 heterocycles. The van der Waals surface area contributed by atoms with Gasteiger partial charge in [0.05, 0.1) is 11.7 Å². The molecule has 0 aliphatic carbocycles. The second-order valence-electron chi connectivity index (χ2n) is 7.78. The highest BCUT2D eigenvalue weighted by molar-refractivity contribution is 5.83. The first-order chi connectivity index (χ1) is 13.5. The molecule has 0 amide bonds. The average Bonchev–Trinajstić information content (AvgIpc) is 3.18. The highest BCUT2D eigenvalue weighted by Gasteiger charge is 2.35. The van der Waals surface area contributed by atoms with Crippen molar-refractivity contribution in [2.75, 3.05) is 11.9 Å². The molecule has 5 rings (SSSR count). The van der Waals surface area contributed by atoms with Gasteiger partial charge in [-0.2, -0.15) is 0 Å². The minimum atomic E-state index is -0.483. The third kappa shape index (κ3) is 2.73. The van der Waals surface area contributed by atoms with E-state index in [0.29, 0.717) is 46.4 Å². The predicted molar refractivity (Wildman–Crippen MR) is 103 cm³/mol. The number of benzene rings is 1. The van der Waals surface area contributed by atoms with Crippen molar-refractivity contribution in [1.82, 2.24) is 25.1 Å². The van der Waals surface area contributed by atoms with Crippen molar-refractivity contribution < 1.29 is 9.52 Å². The van der Waals surface area contributed by atoms with Crippen molar-refractivity contribution in [3.05, 3.63) is 28.9 Å². The molecular formula is C19H22N6O3. The first-order valence-corrected chi connectivity index (χ1v) is 9.51. The Labute approximate surface area is 161 Å². The molecule has 1 unspecified atom stereocenters. The Morgan fingerprint density at radius 1 is 1.25 bits per heavy atom. The van der Waals surface area contributed by atoms with Crippen LogP contribution < -0.4 is 16.0 Å². The first-order valence-electron chi connectivity index (χ1n) is 9.51.